The molecule has 2 aromatic heterocycles. The molecular weight excluding hydrogens is 448 g/mol. The molecule has 1 atom stereocenters. The Morgan fingerprint density at radius 2 is 1.74 bits per heavy atom. The summed E-state index contributed by atoms with van der Waals surface area (Å²) in [5.41, 5.74) is 0.00588. The van der Waals surface area contributed by atoms with Crippen molar-refractivity contribution in [1.82, 2.24) is 30.6 Å². The zero-order valence-electron chi connectivity index (χ0n) is 19.4. The van der Waals surface area contributed by atoms with Crippen molar-refractivity contribution < 1.29 is 34.2 Å². The Morgan fingerprint density at radius 1 is 1.06 bits per heavy atom. The molecule has 2 aromatic rings. The van der Waals surface area contributed by atoms with Crippen LogP contribution in [0.15, 0.2) is 36.8 Å². The number of hydrogen-bond donors (Lipinski definition) is 5. The number of nitrogens with one attached hydrogen (secondary N) is 3. The zero-order valence-corrected chi connectivity index (χ0v) is 19.4. The van der Waals surface area contributed by atoms with Gasteiger partial charge in [-0.3, -0.25) is 19.5 Å². The maximum Gasteiger partial charge on any atom is 0.356 e. The third kappa shape index (κ3) is 9.99. The zero-order chi connectivity index (χ0) is 26.1. The van der Waals surface area contributed by atoms with Gasteiger partial charge in [0.2, 0.25) is 5.78 Å². The van der Waals surface area contributed by atoms with Gasteiger partial charge in [0.15, 0.2) is 5.69 Å². The SMILES string of the molecule is CC.CC.O=C(O)c1ccn(C(=O)[C@@H]2CCCN2)n1.O=C(O)c1ccn[nH]1.O=C1C=CNC1=O. The van der Waals surface area contributed by atoms with Crippen LogP contribution in [0.5, 0.6) is 0 Å². The van der Waals surface area contributed by atoms with Crippen molar-refractivity contribution in [2.45, 2.75) is 46.6 Å². The van der Waals surface area contributed by atoms with Gasteiger partial charge >= 0.3 is 11.9 Å². The molecule has 0 spiro atoms. The standard InChI is InChI=1S/C9H11N3O3.C4H4N2O2.C4H3NO2.2C2H6/c13-8(6-2-1-4-10-6)12-5-3-7(11-12)9(14)15;7-4(8)3-1-2-5-6-3;6-3-1-2-5-4(3)7;2*1-2/h3,5-6,10H,1-2,4H2,(H,14,15);1-2H,(H,5,6)(H,7,8);1-2H,(H,5,6,7);2*1-2H3/t6-;;;;/m0..../s1. The van der Waals surface area contributed by atoms with Crippen molar-refractivity contribution in [2.24, 2.45) is 0 Å². The number of ketones is 1. The molecule has 4 rings (SSSR count). The minimum Gasteiger partial charge on any atom is -0.477 e. The number of nitrogens with zero attached hydrogens (tertiary/aromatic N) is 3. The van der Waals surface area contributed by atoms with Crippen molar-refractivity contribution in [3.8, 4) is 0 Å². The second kappa shape index (κ2) is 16.5. The lowest BCUT2D eigenvalue weighted by atomic mass is 10.2. The van der Waals surface area contributed by atoms with E-state index in [-0.39, 0.29) is 23.3 Å². The molecule has 34 heavy (non-hydrogen) atoms. The predicted octanol–water partition coefficient (Wildman–Crippen LogP) is 1.33. The average Bonchev–Trinajstić information content (AvgIpc) is 3.66. The van der Waals surface area contributed by atoms with Crippen LogP contribution < -0.4 is 10.6 Å². The Kier molecular flexibility index (Phi) is 14.5. The van der Waals surface area contributed by atoms with Gasteiger partial charge < -0.3 is 20.8 Å². The number of aromatic carboxylic acids is 2. The van der Waals surface area contributed by atoms with Crippen LogP contribution in [-0.2, 0) is 9.59 Å². The molecule has 1 amide bonds. The smallest absolute Gasteiger partial charge is 0.356 e. The fourth-order valence-corrected chi connectivity index (χ4v) is 2.33. The monoisotopic (exact) mass is 478 g/mol. The molecule has 5 N–H and O–H groups in total. The highest BCUT2D eigenvalue weighted by molar-refractivity contribution is 6.42. The molecule has 4 heterocycles. The maximum atomic E-state index is 11.7. The van der Waals surface area contributed by atoms with Crippen molar-refractivity contribution >= 4 is 29.5 Å². The van der Waals surface area contributed by atoms with Crippen LogP contribution in [0.1, 0.15) is 66.3 Å². The lowest BCUT2D eigenvalue weighted by molar-refractivity contribution is -0.133. The van der Waals surface area contributed by atoms with Gasteiger partial charge in [0.1, 0.15) is 5.69 Å². The normalized spacial score (nSPS) is 15.1. The Bertz CT molecular complexity index is 960. The number of carboxylic acid groups (broad SMARTS) is 2. The highest BCUT2D eigenvalue weighted by Gasteiger charge is 2.24. The number of H-pyrrole nitrogens is 1. The summed E-state index contributed by atoms with van der Waals surface area (Å²) in [7, 11) is 0. The minimum absolute atomic E-state index is 0.110. The fourth-order valence-electron chi connectivity index (χ4n) is 2.33. The van der Waals surface area contributed by atoms with Gasteiger partial charge in [-0.2, -0.15) is 10.2 Å². The second-order valence-corrected chi connectivity index (χ2v) is 5.88. The van der Waals surface area contributed by atoms with Gasteiger partial charge in [-0.25, -0.2) is 14.3 Å². The molecule has 0 aliphatic carbocycles. The number of rotatable bonds is 3. The number of carbonyl (C=O) groups excluding carboxylic acids is 3. The van der Waals surface area contributed by atoms with E-state index in [9.17, 15) is 24.0 Å². The van der Waals surface area contributed by atoms with Gasteiger partial charge in [-0.05, 0) is 31.5 Å². The Labute approximate surface area is 196 Å². The molecule has 0 aromatic carbocycles. The van der Waals surface area contributed by atoms with E-state index in [0.29, 0.717) is 0 Å². The molecule has 1 fully saturated rings. The van der Waals surface area contributed by atoms with Crippen LogP contribution in [0.2, 0.25) is 0 Å². The summed E-state index contributed by atoms with van der Waals surface area (Å²) < 4.78 is 1.09. The molecule has 0 radical (unpaired) electrons. The molecule has 0 saturated carbocycles. The average molecular weight is 479 g/mol. The number of carboxylic acids is 2. The fraction of sp³-hybridized carbons (Fsp3) is 0.381. The van der Waals surface area contributed by atoms with Gasteiger partial charge in [0, 0.05) is 24.7 Å². The second-order valence-electron chi connectivity index (χ2n) is 5.88. The van der Waals surface area contributed by atoms with Crippen LogP contribution in [0.25, 0.3) is 0 Å². The van der Waals surface area contributed by atoms with E-state index < -0.39 is 23.6 Å². The van der Waals surface area contributed by atoms with Crippen LogP contribution in [0, 0.1) is 0 Å². The summed E-state index contributed by atoms with van der Waals surface area (Å²) in [5, 5.41) is 31.5. The molecule has 2 aliphatic rings. The highest BCUT2D eigenvalue weighted by Crippen LogP contribution is 2.07. The van der Waals surface area contributed by atoms with Crippen molar-refractivity contribution in [2.75, 3.05) is 6.54 Å². The molecule has 2 aliphatic heterocycles. The Morgan fingerprint density at radius 3 is 2.06 bits per heavy atom. The van der Waals surface area contributed by atoms with E-state index in [4.69, 9.17) is 10.2 Å². The third-order valence-electron chi connectivity index (χ3n) is 3.80. The molecule has 13 nitrogen and oxygen atoms in total. The lowest BCUT2D eigenvalue weighted by Crippen LogP contribution is -2.35. The van der Waals surface area contributed by atoms with Crippen molar-refractivity contribution in [3.05, 3.63) is 48.2 Å². The largest absolute Gasteiger partial charge is 0.477 e. The Balaban J connectivity index is 0.000000486. The molecular formula is C21H30N6O7. The maximum absolute atomic E-state index is 11.7. The van der Waals surface area contributed by atoms with Crippen LogP contribution in [0.4, 0.5) is 0 Å². The van der Waals surface area contributed by atoms with Crippen molar-refractivity contribution in [3.63, 3.8) is 0 Å². The first-order valence-electron chi connectivity index (χ1n) is 10.6. The Hall–Kier alpha value is -4.13. The third-order valence-corrected chi connectivity index (χ3v) is 3.80. The van der Waals surface area contributed by atoms with E-state index in [1.54, 1.807) is 0 Å². The van der Waals surface area contributed by atoms with E-state index in [1.165, 1.54) is 36.8 Å². The first kappa shape index (κ1) is 29.9. The first-order chi connectivity index (χ1) is 16.3. The van der Waals surface area contributed by atoms with Gasteiger partial charge in [-0.15, -0.1) is 0 Å². The van der Waals surface area contributed by atoms with Gasteiger partial charge in [0.05, 0.1) is 6.04 Å². The quantitative estimate of drug-likeness (QED) is 0.401. The summed E-state index contributed by atoms with van der Waals surface area (Å²) in [5.74, 6) is -3.32. The number of carbonyl (C=O) groups is 5. The predicted molar refractivity (Wildman–Crippen MR) is 121 cm³/mol. The number of hydrogen-bond acceptors (Lipinski definition) is 8. The summed E-state index contributed by atoms with van der Waals surface area (Å²) in [6.07, 6.45) is 7.03. The molecule has 0 unspecified atom stereocenters. The topological polar surface area (TPSA) is 196 Å². The van der Waals surface area contributed by atoms with Gasteiger partial charge in [-0.1, -0.05) is 27.7 Å². The molecule has 13 heteroatoms. The van der Waals surface area contributed by atoms with Crippen LogP contribution in [0.3, 0.4) is 0 Å². The molecule has 186 valence electrons. The number of aromatic amines is 1. The van der Waals surface area contributed by atoms with E-state index in [1.807, 2.05) is 27.7 Å². The van der Waals surface area contributed by atoms with E-state index in [2.05, 4.69) is 25.9 Å². The summed E-state index contributed by atoms with van der Waals surface area (Å²) in [4.78, 5) is 52.4. The summed E-state index contributed by atoms with van der Waals surface area (Å²) in [6.45, 7) is 8.82. The van der Waals surface area contributed by atoms with Gasteiger partial charge in [0.25, 0.3) is 11.8 Å². The first-order valence-corrected chi connectivity index (χ1v) is 10.6. The summed E-state index contributed by atoms with van der Waals surface area (Å²) >= 11 is 0. The van der Waals surface area contributed by atoms with E-state index in [0.717, 1.165) is 24.1 Å². The number of aromatic nitrogens is 4. The van der Waals surface area contributed by atoms with Crippen molar-refractivity contribution in [1.29, 1.82) is 0 Å². The highest BCUT2D eigenvalue weighted by atomic mass is 16.4. The van der Waals surface area contributed by atoms with E-state index >= 15 is 0 Å². The number of amides is 1. The van der Waals surface area contributed by atoms with Crippen LogP contribution in [-0.4, -0.2) is 72.3 Å². The lowest BCUT2D eigenvalue weighted by Gasteiger charge is -2.07. The summed E-state index contributed by atoms with van der Waals surface area (Å²) in [6, 6.07) is 2.48. The molecule has 0 bridgehead atoms. The van der Waals surface area contributed by atoms with Crippen LogP contribution >= 0.6 is 0 Å². The minimum atomic E-state index is -1.12. The molecule has 1 saturated heterocycles.